The van der Waals surface area contributed by atoms with Crippen molar-refractivity contribution >= 4 is 33.4 Å². The van der Waals surface area contributed by atoms with Gasteiger partial charge in [-0.3, -0.25) is 0 Å². The number of phenolic OH excluding ortho intramolecular Hbond substituents is 1. The van der Waals surface area contributed by atoms with E-state index >= 15 is 0 Å². The highest BCUT2D eigenvalue weighted by Crippen LogP contribution is 2.34. The molecule has 5 nitrogen and oxygen atoms in total. The van der Waals surface area contributed by atoms with Gasteiger partial charge in [0.1, 0.15) is 28.6 Å². The quantitative estimate of drug-likeness (QED) is 0.675. The lowest BCUT2D eigenvalue weighted by atomic mass is 10.1. The van der Waals surface area contributed by atoms with Crippen molar-refractivity contribution in [3.05, 3.63) is 64.3 Å². The molecule has 0 amide bonds. The number of hydrogen-bond acceptors (Lipinski definition) is 6. The zero-order chi connectivity index (χ0) is 18.7. The first kappa shape index (κ1) is 17.9. The van der Waals surface area contributed by atoms with Gasteiger partial charge in [0.2, 0.25) is 0 Å². The predicted molar refractivity (Wildman–Crippen MR) is 95.0 cm³/mol. The summed E-state index contributed by atoms with van der Waals surface area (Å²) < 4.78 is 25.1. The van der Waals surface area contributed by atoms with Gasteiger partial charge in [-0.25, -0.2) is 14.0 Å². The summed E-state index contributed by atoms with van der Waals surface area (Å²) in [7, 11) is 0. The van der Waals surface area contributed by atoms with Crippen molar-refractivity contribution < 1.29 is 28.6 Å². The van der Waals surface area contributed by atoms with E-state index < -0.39 is 17.8 Å². The molecule has 0 aliphatic heterocycles. The molecule has 0 fully saturated rings. The zero-order valence-electron chi connectivity index (χ0n) is 13.8. The van der Waals surface area contributed by atoms with Crippen molar-refractivity contribution in [2.75, 3.05) is 6.61 Å². The van der Waals surface area contributed by atoms with Gasteiger partial charge >= 0.3 is 11.9 Å². The van der Waals surface area contributed by atoms with E-state index in [2.05, 4.69) is 0 Å². The molecule has 7 heteroatoms. The minimum atomic E-state index is -0.770. The molecular weight excluding hydrogens is 359 g/mol. The number of ether oxygens (including phenoxy) is 2. The molecule has 134 valence electrons. The third-order valence-corrected chi connectivity index (χ3v) is 4.87. The Morgan fingerprint density at radius 2 is 1.85 bits per heavy atom. The molecule has 0 atom stereocenters. The average Bonchev–Trinajstić information content (AvgIpc) is 3.00. The fourth-order valence-electron chi connectivity index (χ4n) is 2.53. The fraction of sp³-hybridized carbons (Fsp3) is 0.158. The number of aromatic hydroxyl groups is 1. The Morgan fingerprint density at radius 3 is 2.58 bits per heavy atom. The van der Waals surface area contributed by atoms with Gasteiger partial charge in [-0.2, -0.15) is 0 Å². The second-order valence-electron chi connectivity index (χ2n) is 5.34. The van der Waals surface area contributed by atoms with Crippen LogP contribution >= 0.6 is 11.3 Å². The molecule has 3 rings (SSSR count). The largest absolute Gasteiger partial charge is 0.507 e. The van der Waals surface area contributed by atoms with Gasteiger partial charge in [-0.15, -0.1) is 11.3 Å². The van der Waals surface area contributed by atoms with Crippen LogP contribution in [-0.4, -0.2) is 23.7 Å². The normalized spacial score (nSPS) is 10.7. The second-order valence-corrected chi connectivity index (χ2v) is 6.39. The molecular formula is C19H15FO5S. The maximum atomic E-state index is 14.3. The van der Waals surface area contributed by atoms with Crippen LogP contribution in [0.3, 0.4) is 0 Å². The van der Waals surface area contributed by atoms with E-state index in [0.717, 1.165) is 11.3 Å². The highest BCUT2D eigenvalue weighted by molar-refractivity contribution is 7.21. The first-order valence-electron chi connectivity index (χ1n) is 7.85. The minimum Gasteiger partial charge on any atom is -0.507 e. The van der Waals surface area contributed by atoms with E-state index in [1.54, 1.807) is 31.2 Å². The van der Waals surface area contributed by atoms with Crippen LogP contribution in [0.25, 0.3) is 10.1 Å². The van der Waals surface area contributed by atoms with E-state index in [0.29, 0.717) is 4.70 Å². The minimum absolute atomic E-state index is 0.00908. The Balaban J connectivity index is 1.95. The van der Waals surface area contributed by atoms with E-state index in [1.165, 1.54) is 18.2 Å². The summed E-state index contributed by atoms with van der Waals surface area (Å²) >= 11 is 1.08. The number of rotatable bonds is 5. The molecule has 2 aromatic carbocycles. The zero-order valence-corrected chi connectivity index (χ0v) is 14.6. The summed E-state index contributed by atoms with van der Waals surface area (Å²) in [4.78, 5) is 24.6. The van der Waals surface area contributed by atoms with E-state index in [1.807, 2.05) is 0 Å². The molecule has 0 radical (unpaired) electrons. The first-order valence-corrected chi connectivity index (χ1v) is 8.66. The summed E-state index contributed by atoms with van der Waals surface area (Å²) in [6, 6.07) is 10.4. The SMILES string of the molecule is CCOC(=O)c1sc2cccc(F)c2c1COC(=O)c1ccccc1O. The highest BCUT2D eigenvalue weighted by Gasteiger charge is 2.23. The van der Waals surface area contributed by atoms with Gasteiger partial charge < -0.3 is 14.6 Å². The molecule has 0 spiro atoms. The molecule has 26 heavy (non-hydrogen) atoms. The van der Waals surface area contributed by atoms with E-state index in [-0.39, 0.29) is 40.4 Å². The van der Waals surface area contributed by atoms with Crippen LogP contribution < -0.4 is 0 Å². The van der Waals surface area contributed by atoms with Crippen molar-refractivity contribution in [2.45, 2.75) is 13.5 Å². The van der Waals surface area contributed by atoms with Crippen molar-refractivity contribution in [3.63, 3.8) is 0 Å². The molecule has 0 aliphatic carbocycles. The lowest BCUT2D eigenvalue weighted by Gasteiger charge is -2.08. The number of hydrogen-bond donors (Lipinski definition) is 1. The van der Waals surface area contributed by atoms with Gasteiger partial charge in [0.05, 0.1) is 6.61 Å². The number of fused-ring (bicyclic) bond motifs is 1. The molecule has 3 aromatic rings. The van der Waals surface area contributed by atoms with Crippen LogP contribution in [0.5, 0.6) is 5.75 Å². The Morgan fingerprint density at radius 1 is 1.08 bits per heavy atom. The smallest absolute Gasteiger partial charge is 0.348 e. The van der Waals surface area contributed by atoms with Gasteiger partial charge in [0.25, 0.3) is 0 Å². The van der Waals surface area contributed by atoms with Crippen LogP contribution in [0.15, 0.2) is 42.5 Å². The first-order chi connectivity index (χ1) is 12.5. The fourth-order valence-corrected chi connectivity index (χ4v) is 3.64. The number of benzene rings is 2. The molecule has 0 unspecified atom stereocenters. The van der Waals surface area contributed by atoms with Crippen LogP contribution in [0.2, 0.25) is 0 Å². The van der Waals surface area contributed by atoms with Gasteiger partial charge in [-0.1, -0.05) is 18.2 Å². The van der Waals surface area contributed by atoms with Gasteiger partial charge in [0, 0.05) is 15.6 Å². The number of phenols is 1. The molecule has 0 bridgehead atoms. The maximum absolute atomic E-state index is 14.3. The van der Waals surface area contributed by atoms with Gasteiger partial charge in [0.15, 0.2) is 0 Å². The number of carbonyl (C=O) groups is 2. The third kappa shape index (κ3) is 3.39. The maximum Gasteiger partial charge on any atom is 0.348 e. The van der Waals surface area contributed by atoms with Crippen LogP contribution in [-0.2, 0) is 16.1 Å². The van der Waals surface area contributed by atoms with Crippen molar-refractivity contribution in [1.29, 1.82) is 0 Å². The molecule has 1 N–H and O–H groups in total. The predicted octanol–water partition coefficient (Wildman–Crippen LogP) is 4.28. The topological polar surface area (TPSA) is 72.8 Å². The average molecular weight is 374 g/mol. The summed E-state index contributed by atoms with van der Waals surface area (Å²) in [5.41, 5.74) is 0.246. The van der Waals surface area contributed by atoms with Crippen molar-refractivity contribution in [1.82, 2.24) is 0 Å². The Kier molecular flexibility index (Phi) is 5.18. The summed E-state index contributed by atoms with van der Waals surface area (Å²) in [5, 5.41) is 9.96. The molecule has 1 heterocycles. The Labute approximate surface area is 152 Å². The molecule has 0 aliphatic rings. The molecule has 1 aromatic heterocycles. The Hall–Kier alpha value is -2.93. The second kappa shape index (κ2) is 7.53. The number of carbonyl (C=O) groups excluding carboxylic acids is 2. The van der Waals surface area contributed by atoms with Crippen molar-refractivity contribution in [3.8, 4) is 5.75 Å². The van der Waals surface area contributed by atoms with E-state index in [4.69, 9.17) is 9.47 Å². The van der Waals surface area contributed by atoms with Crippen LogP contribution in [0.1, 0.15) is 32.5 Å². The summed E-state index contributed by atoms with van der Waals surface area (Å²) in [6.45, 7) is 1.53. The number of halogens is 1. The molecule has 0 saturated carbocycles. The molecule has 0 saturated heterocycles. The van der Waals surface area contributed by atoms with Crippen LogP contribution in [0.4, 0.5) is 4.39 Å². The van der Waals surface area contributed by atoms with Crippen molar-refractivity contribution in [2.24, 2.45) is 0 Å². The lowest BCUT2D eigenvalue weighted by Crippen LogP contribution is -2.09. The summed E-state index contributed by atoms with van der Waals surface area (Å²) in [5.74, 6) is -2.09. The number of thiophene rings is 1. The lowest BCUT2D eigenvalue weighted by molar-refractivity contribution is 0.0451. The standard InChI is InChI=1S/C19H15FO5S/c1-2-24-19(23)17-12(16-13(20)7-5-9-15(16)26-17)10-25-18(22)11-6-3-4-8-14(11)21/h3-9,21H,2,10H2,1H3. The Bertz CT molecular complexity index is 979. The third-order valence-electron chi connectivity index (χ3n) is 3.70. The highest BCUT2D eigenvalue weighted by atomic mass is 32.1. The monoisotopic (exact) mass is 374 g/mol. The van der Waals surface area contributed by atoms with Gasteiger partial charge in [-0.05, 0) is 31.2 Å². The van der Waals surface area contributed by atoms with E-state index in [9.17, 15) is 19.1 Å². The van der Waals surface area contributed by atoms with Crippen LogP contribution in [0, 0.1) is 5.82 Å². The number of esters is 2. The number of para-hydroxylation sites is 1. The summed E-state index contributed by atoms with van der Waals surface area (Å²) in [6.07, 6.45) is 0.